The van der Waals surface area contributed by atoms with Crippen LogP contribution in [-0.2, 0) is 28.7 Å². The van der Waals surface area contributed by atoms with Crippen LogP contribution in [0.1, 0.15) is 33.1 Å². The average Bonchev–Trinajstić information content (AvgIpc) is 3.66. The topological polar surface area (TPSA) is 96.5 Å². The summed E-state index contributed by atoms with van der Waals surface area (Å²) in [6.07, 6.45) is 0.885. The van der Waals surface area contributed by atoms with Crippen molar-refractivity contribution in [3.05, 3.63) is 29.6 Å². The van der Waals surface area contributed by atoms with Crippen LogP contribution < -0.4 is 4.90 Å². The van der Waals surface area contributed by atoms with Gasteiger partial charge in [-0.3, -0.25) is 29.0 Å². The fraction of sp³-hybridized carbons (Fsp3) is 0.586. The van der Waals surface area contributed by atoms with E-state index in [9.17, 15) is 19.2 Å². The molecule has 1 aromatic heterocycles. The summed E-state index contributed by atoms with van der Waals surface area (Å²) in [5.41, 5.74) is 1.31. The van der Waals surface area contributed by atoms with Crippen LogP contribution in [0.2, 0.25) is 0 Å². The number of unbranched alkanes of at least 4 members (excludes halogenated alkanes) is 1. The van der Waals surface area contributed by atoms with Crippen molar-refractivity contribution in [1.29, 1.82) is 0 Å². The number of anilines is 1. The molecule has 2 aliphatic carbocycles. The van der Waals surface area contributed by atoms with Gasteiger partial charge in [0.2, 0.25) is 11.8 Å². The highest BCUT2D eigenvalue weighted by molar-refractivity contribution is 7.17. The molecule has 3 heterocycles. The summed E-state index contributed by atoms with van der Waals surface area (Å²) in [7, 11) is 0. The van der Waals surface area contributed by atoms with Crippen LogP contribution in [0.3, 0.4) is 0 Å². The number of thiophene rings is 1. The maximum Gasteiger partial charge on any atom is 0.303 e. The van der Waals surface area contributed by atoms with Crippen LogP contribution in [0.5, 0.6) is 0 Å². The summed E-state index contributed by atoms with van der Waals surface area (Å²) in [4.78, 5) is 56.4. The standard InChI is InChI=1S/C29H35N3O6S/c1-17(33)37-26-20-16-21(27(26)38-18(2)34)25-24(20)28(35)32(29(25)36)10-4-3-9-30-11-13-31(14-12-30)22-6-5-7-23-19(22)8-15-39-23/h5-8,15,20-21,24-27H,3-4,9-14,16H2,1-2H3/t20-,21+,24+,25-,26-,27+. The van der Waals surface area contributed by atoms with Gasteiger partial charge in [-0.15, -0.1) is 11.3 Å². The first-order chi connectivity index (χ1) is 18.8. The van der Waals surface area contributed by atoms with Crippen LogP contribution in [0, 0.1) is 23.7 Å². The molecule has 4 aliphatic rings. The molecule has 2 amide bonds. The van der Waals surface area contributed by atoms with Gasteiger partial charge in [0.1, 0.15) is 12.2 Å². The number of fused-ring (bicyclic) bond motifs is 6. The Morgan fingerprint density at radius 3 is 2.10 bits per heavy atom. The van der Waals surface area contributed by atoms with Crippen molar-refractivity contribution in [2.75, 3.05) is 44.2 Å². The van der Waals surface area contributed by atoms with Gasteiger partial charge >= 0.3 is 11.9 Å². The van der Waals surface area contributed by atoms with E-state index in [0.717, 1.165) is 45.6 Å². The number of carbonyl (C=O) groups is 4. The molecule has 2 saturated heterocycles. The summed E-state index contributed by atoms with van der Waals surface area (Å²) in [5, 5.41) is 3.47. The second kappa shape index (κ2) is 10.5. The number of ether oxygens (including phenoxy) is 2. The van der Waals surface area contributed by atoms with E-state index in [2.05, 4.69) is 39.4 Å². The summed E-state index contributed by atoms with van der Waals surface area (Å²) >= 11 is 1.78. The molecule has 0 radical (unpaired) electrons. The number of amides is 2. The molecule has 208 valence electrons. The monoisotopic (exact) mass is 553 g/mol. The Kier molecular flexibility index (Phi) is 7.09. The first kappa shape index (κ1) is 26.3. The maximum atomic E-state index is 13.3. The van der Waals surface area contributed by atoms with Gasteiger partial charge in [-0.05, 0) is 49.4 Å². The van der Waals surface area contributed by atoms with Crippen molar-refractivity contribution in [3.8, 4) is 0 Å². The van der Waals surface area contributed by atoms with E-state index < -0.39 is 36.0 Å². The van der Waals surface area contributed by atoms with Gasteiger partial charge in [-0.25, -0.2) is 0 Å². The molecule has 4 fully saturated rings. The predicted molar refractivity (Wildman–Crippen MR) is 146 cm³/mol. The number of hydrogen-bond donors (Lipinski definition) is 0. The van der Waals surface area contributed by atoms with Crippen molar-refractivity contribution < 1.29 is 28.7 Å². The Labute approximate surface area is 232 Å². The molecule has 10 heteroatoms. The summed E-state index contributed by atoms with van der Waals surface area (Å²) in [6, 6.07) is 8.71. The van der Waals surface area contributed by atoms with Crippen molar-refractivity contribution in [2.45, 2.75) is 45.3 Å². The molecular formula is C29H35N3O6S. The lowest BCUT2D eigenvalue weighted by molar-refractivity contribution is -0.175. The number of nitrogens with zero attached hydrogens (tertiary/aromatic N) is 3. The molecule has 39 heavy (non-hydrogen) atoms. The van der Waals surface area contributed by atoms with Crippen molar-refractivity contribution in [3.63, 3.8) is 0 Å². The lowest BCUT2D eigenvalue weighted by atomic mass is 9.78. The zero-order chi connectivity index (χ0) is 27.3. The number of carbonyl (C=O) groups excluding carboxylic acids is 4. The number of hydrogen-bond acceptors (Lipinski definition) is 9. The van der Waals surface area contributed by atoms with E-state index in [4.69, 9.17) is 9.47 Å². The lowest BCUT2D eigenvalue weighted by Crippen LogP contribution is -2.47. The van der Waals surface area contributed by atoms with E-state index in [1.807, 2.05) is 0 Å². The summed E-state index contributed by atoms with van der Waals surface area (Å²) < 4.78 is 12.3. The Hall–Kier alpha value is -2.98. The van der Waals surface area contributed by atoms with Gasteiger partial charge < -0.3 is 14.4 Å². The molecule has 2 bridgehead atoms. The Bertz CT molecular complexity index is 1240. The SMILES string of the molecule is CC(=O)O[C@@H]1[C@@H]2C[C@H]([C@@H]1OC(C)=O)[C@H]1C(=O)N(CCCCN3CCN(c4cccc5sccc45)CC3)C(=O)[C@@H]21. The largest absolute Gasteiger partial charge is 0.458 e. The third-order valence-corrected chi connectivity index (χ3v) is 9.90. The number of benzene rings is 1. The van der Waals surface area contributed by atoms with Crippen LogP contribution in [0.25, 0.3) is 10.1 Å². The molecule has 6 atom stereocenters. The Morgan fingerprint density at radius 2 is 1.49 bits per heavy atom. The molecule has 0 unspecified atom stereocenters. The fourth-order valence-electron chi connectivity index (χ4n) is 7.43. The quantitative estimate of drug-likeness (QED) is 0.280. The van der Waals surface area contributed by atoms with Crippen LogP contribution in [-0.4, -0.2) is 85.0 Å². The normalized spacial score (nSPS) is 30.3. The fourth-order valence-corrected chi connectivity index (χ4v) is 8.24. The van der Waals surface area contributed by atoms with E-state index in [-0.39, 0.29) is 23.7 Å². The minimum atomic E-state index is -0.667. The minimum Gasteiger partial charge on any atom is -0.458 e. The maximum absolute atomic E-state index is 13.3. The van der Waals surface area contributed by atoms with E-state index in [1.54, 1.807) is 11.3 Å². The number of imide groups is 1. The molecule has 6 rings (SSSR count). The van der Waals surface area contributed by atoms with Gasteiger partial charge in [0.25, 0.3) is 0 Å². The second-order valence-electron chi connectivity index (χ2n) is 11.2. The molecule has 2 aromatic rings. The van der Waals surface area contributed by atoms with Crippen molar-refractivity contribution >= 4 is 50.9 Å². The van der Waals surface area contributed by atoms with E-state index in [1.165, 1.54) is 34.5 Å². The van der Waals surface area contributed by atoms with Gasteiger partial charge in [0, 0.05) is 74.2 Å². The van der Waals surface area contributed by atoms with Crippen LogP contribution >= 0.6 is 11.3 Å². The third-order valence-electron chi connectivity index (χ3n) is 9.02. The highest BCUT2D eigenvalue weighted by Crippen LogP contribution is 2.58. The molecule has 2 saturated carbocycles. The van der Waals surface area contributed by atoms with Gasteiger partial charge in [-0.1, -0.05) is 6.07 Å². The van der Waals surface area contributed by atoms with Crippen molar-refractivity contribution in [1.82, 2.24) is 9.80 Å². The highest BCUT2D eigenvalue weighted by atomic mass is 32.1. The van der Waals surface area contributed by atoms with Crippen LogP contribution in [0.15, 0.2) is 29.6 Å². The number of piperazine rings is 1. The molecule has 2 aliphatic heterocycles. The number of esters is 2. The van der Waals surface area contributed by atoms with Gasteiger partial charge in [0.15, 0.2) is 0 Å². The number of rotatable bonds is 8. The van der Waals surface area contributed by atoms with E-state index >= 15 is 0 Å². The first-order valence-electron chi connectivity index (χ1n) is 14.0. The highest BCUT2D eigenvalue weighted by Gasteiger charge is 2.69. The van der Waals surface area contributed by atoms with Gasteiger partial charge in [-0.2, -0.15) is 0 Å². The molecule has 0 spiro atoms. The number of likely N-dealkylation sites (tertiary alicyclic amines) is 1. The zero-order valence-corrected chi connectivity index (χ0v) is 23.2. The Morgan fingerprint density at radius 1 is 0.872 bits per heavy atom. The minimum absolute atomic E-state index is 0.160. The summed E-state index contributed by atoms with van der Waals surface area (Å²) in [5.74, 6) is -2.81. The molecular weight excluding hydrogens is 518 g/mol. The smallest absolute Gasteiger partial charge is 0.303 e. The lowest BCUT2D eigenvalue weighted by Gasteiger charge is -2.36. The van der Waals surface area contributed by atoms with E-state index in [0.29, 0.717) is 13.0 Å². The van der Waals surface area contributed by atoms with Gasteiger partial charge in [0.05, 0.1) is 11.8 Å². The molecule has 1 aromatic carbocycles. The first-order valence-corrected chi connectivity index (χ1v) is 14.8. The second-order valence-corrected chi connectivity index (χ2v) is 12.2. The predicted octanol–water partition coefficient (Wildman–Crippen LogP) is 2.92. The Balaban J connectivity index is 1.00. The van der Waals surface area contributed by atoms with Crippen LogP contribution in [0.4, 0.5) is 5.69 Å². The summed E-state index contributed by atoms with van der Waals surface area (Å²) in [6.45, 7) is 7.91. The molecule has 0 N–H and O–H groups in total. The zero-order valence-electron chi connectivity index (χ0n) is 22.4. The molecule has 9 nitrogen and oxygen atoms in total. The third kappa shape index (κ3) is 4.71. The van der Waals surface area contributed by atoms with Crippen molar-refractivity contribution in [2.24, 2.45) is 23.7 Å². The average molecular weight is 554 g/mol.